The number of carbonyl (C=O) groups is 8. The summed E-state index contributed by atoms with van der Waals surface area (Å²) in [5, 5.41) is 3.78. The van der Waals surface area contributed by atoms with Crippen LogP contribution in [0.1, 0.15) is 200 Å². The summed E-state index contributed by atoms with van der Waals surface area (Å²) >= 11 is 0. The number of fused-ring (bicyclic) bond motifs is 4. The molecule has 4 aliphatic heterocycles. The van der Waals surface area contributed by atoms with Crippen LogP contribution in [-0.2, 0) is 91.3 Å². The Morgan fingerprint density at radius 3 is 1.33 bits per heavy atom. The molecule has 25 nitrogen and oxygen atoms in total. The van der Waals surface area contributed by atoms with Crippen LogP contribution in [0.3, 0.4) is 0 Å². The van der Waals surface area contributed by atoms with Crippen LogP contribution in [0.4, 0.5) is 30.6 Å². The number of piperazine rings is 2. The van der Waals surface area contributed by atoms with Crippen LogP contribution in [0, 0.1) is 0 Å². The summed E-state index contributed by atoms with van der Waals surface area (Å²) in [4.78, 5) is 122. The molecule has 2 aromatic heterocycles. The fourth-order valence-electron chi connectivity index (χ4n) is 13.1. The number of benzene rings is 2. The normalized spacial score (nSPS) is 18.4. The zero-order valence-corrected chi connectivity index (χ0v) is 66.4. The minimum Gasteiger partial charge on any atom is -0.793 e. The van der Waals surface area contributed by atoms with Crippen molar-refractivity contribution in [2.75, 3.05) is 81.8 Å². The van der Waals surface area contributed by atoms with Crippen molar-refractivity contribution in [3.63, 3.8) is 0 Å². The van der Waals surface area contributed by atoms with Gasteiger partial charge in [0, 0.05) is 129 Å². The molecule has 2 aromatic carbocycles. The van der Waals surface area contributed by atoms with Crippen molar-refractivity contribution in [2.45, 2.75) is 229 Å². The molecule has 1 N–H and O–H groups in total. The molecule has 2 fully saturated rings. The van der Waals surface area contributed by atoms with E-state index in [1.807, 2.05) is 117 Å². The van der Waals surface area contributed by atoms with Gasteiger partial charge in [-0.25, -0.2) is 38.5 Å². The van der Waals surface area contributed by atoms with E-state index >= 15 is 0 Å². The molecule has 4 aromatic rings. The maximum absolute atomic E-state index is 13.7. The minimum atomic E-state index is -0.639. The quantitative estimate of drug-likeness (QED) is 0.0541. The zero-order valence-electron chi connectivity index (χ0n) is 64.4. The molecule has 559 valence electrons. The molecular formula is C76H111BN10NaO15. The average molecular weight is 1440 g/mol. The molecule has 4 amide bonds. The van der Waals surface area contributed by atoms with Gasteiger partial charge in [0.1, 0.15) is 28.7 Å². The van der Waals surface area contributed by atoms with Crippen molar-refractivity contribution < 1.29 is 101 Å². The summed E-state index contributed by atoms with van der Waals surface area (Å²) in [7, 11) is 4.32. The van der Waals surface area contributed by atoms with Gasteiger partial charge >= 0.3 is 65.9 Å². The molecule has 0 bridgehead atoms. The zero-order chi connectivity index (χ0) is 75.3. The van der Waals surface area contributed by atoms with Crippen LogP contribution in [0.25, 0.3) is 0 Å². The number of likely N-dealkylation sites (N-methyl/N-ethyl adjacent to an activating group) is 1. The summed E-state index contributed by atoms with van der Waals surface area (Å²) in [6, 6.07) is 21.5. The van der Waals surface area contributed by atoms with Crippen molar-refractivity contribution in [1.29, 1.82) is 0 Å². The summed E-state index contributed by atoms with van der Waals surface area (Å²) in [6.45, 7) is 38.8. The monoisotopic (exact) mass is 1440 g/mol. The molecule has 4 atom stereocenters. The van der Waals surface area contributed by atoms with E-state index in [1.54, 1.807) is 9.80 Å². The Kier molecular flexibility index (Phi) is 33.1. The maximum atomic E-state index is 13.7. The molecular weight excluding hydrogens is 1330 g/mol. The van der Waals surface area contributed by atoms with Gasteiger partial charge in [-0.3, -0.25) is 29.5 Å². The smallest absolute Gasteiger partial charge is 0.793 e. The van der Waals surface area contributed by atoms with Crippen LogP contribution < -0.4 is 44.7 Å². The average Bonchev–Trinajstić information content (AvgIpc) is 0.779. The van der Waals surface area contributed by atoms with E-state index in [0.717, 1.165) is 128 Å². The minimum absolute atomic E-state index is 0. The van der Waals surface area contributed by atoms with Gasteiger partial charge in [-0.1, -0.05) is 43.3 Å². The SMILES string of the molecule is CC(=O)OOC(C)=O.CC(C)(C)OC(=O)N1CCN(c2cccc3c2CC(CNC2CCCc4cccnc42)N(C(=O)OC(C)(C)C)C3)CC1.CC=O.CCN(C[C@H]1Cc2c(cccc2N2CCN(C(=O)OC(C)(C)C)CC2)CN1C(=O)OC(C)(C)C)C1CCCc2cccnc21.[B-]OC(C)=O.[Na+]. The second kappa shape index (κ2) is 39.6. The predicted molar refractivity (Wildman–Crippen MR) is 389 cm³/mol. The van der Waals surface area contributed by atoms with Crippen molar-refractivity contribution in [2.24, 2.45) is 0 Å². The van der Waals surface area contributed by atoms with Gasteiger partial charge in [0.15, 0.2) is 0 Å². The Bertz CT molecular complexity index is 3450. The first-order chi connectivity index (χ1) is 48.0. The summed E-state index contributed by atoms with van der Waals surface area (Å²) in [5.74, 6) is -1.74. The van der Waals surface area contributed by atoms with Gasteiger partial charge in [0.05, 0.1) is 29.5 Å². The van der Waals surface area contributed by atoms with Gasteiger partial charge in [-0.2, -0.15) is 0 Å². The van der Waals surface area contributed by atoms with E-state index in [4.69, 9.17) is 33.7 Å². The Balaban J connectivity index is 0.000000304. The molecule has 0 spiro atoms. The maximum Gasteiger partial charge on any atom is 1.00 e. The van der Waals surface area contributed by atoms with Crippen LogP contribution in [0.15, 0.2) is 73.1 Å². The largest absolute Gasteiger partial charge is 1.00 e. The number of anilines is 2. The molecule has 2 saturated heterocycles. The number of hydrogen-bond acceptors (Lipinski definition) is 21. The molecule has 3 unspecified atom stereocenters. The van der Waals surface area contributed by atoms with Crippen LogP contribution in [-0.4, -0.2) is 198 Å². The number of hydrogen-bond donors (Lipinski definition) is 1. The van der Waals surface area contributed by atoms with Crippen molar-refractivity contribution in [3.8, 4) is 0 Å². The number of carbonyl (C=O) groups excluding carboxylic acids is 8. The van der Waals surface area contributed by atoms with Gasteiger partial charge in [-0.05, 0) is 206 Å². The molecule has 6 aliphatic rings. The second-order valence-corrected chi connectivity index (χ2v) is 30.1. The van der Waals surface area contributed by atoms with E-state index in [9.17, 15) is 33.6 Å². The van der Waals surface area contributed by atoms with E-state index in [0.29, 0.717) is 45.8 Å². The number of aromatic nitrogens is 2. The number of aryl methyl sites for hydroxylation is 2. The first-order valence-electron chi connectivity index (χ1n) is 35.7. The third-order valence-corrected chi connectivity index (χ3v) is 17.4. The van der Waals surface area contributed by atoms with Gasteiger partial charge in [-0.15, -0.1) is 0 Å². The Morgan fingerprint density at radius 2 is 0.922 bits per heavy atom. The topological polar surface area (TPSA) is 262 Å². The Hall–Kier alpha value is -7.52. The molecule has 0 saturated carbocycles. The molecule has 27 heteroatoms. The van der Waals surface area contributed by atoms with E-state index in [-0.39, 0.29) is 78.1 Å². The number of aldehydes is 1. The molecule has 6 heterocycles. The summed E-state index contributed by atoms with van der Waals surface area (Å²) in [6.07, 6.45) is 11.5. The number of pyridine rings is 2. The number of rotatable bonds is 9. The third kappa shape index (κ3) is 27.2. The number of ether oxygens (including phenoxy) is 4. The van der Waals surface area contributed by atoms with Gasteiger partial charge in [0.2, 0.25) is 5.97 Å². The fraction of sp³-hybridized carbons (Fsp3) is 0.605. The van der Waals surface area contributed by atoms with Gasteiger partial charge < -0.3 is 61.4 Å². The summed E-state index contributed by atoms with van der Waals surface area (Å²) in [5.41, 5.74) is 10.1. The van der Waals surface area contributed by atoms with Crippen LogP contribution in [0.5, 0.6) is 0 Å². The first-order valence-corrected chi connectivity index (χ1v) is 35.7. The molecule has 3 radical (unpaired) electrons. The van der Waals surface area contributed by atoms with Crippen molar-refractivity contribution in [1.82, 2.24) is 39.8 Å². The third-order valence-electron chi connectivity index (χ3n) is 17.4. The van der Waals surface area contributed by atoms with E-state index in [1.165, 1.54) is 53.2 Å². The van der Waals surface area contributed by atoms with Crippen molar-refractivity contribution >= 4 is 68.0 Å². The number of amides is 4. The number of nitrogens with one attached hydrogen (secondary N) is 1. The van der Waals surface area contributed by atoms with E-state index in [2.05, 4.69) is 97.9 Å². The summed E-state index contributed by atoms with van der Waals surface area (Å²) < 4.78 is 26.7. The second-order valence-electron chi connectivity index (χ2n) is 30.1. The Morgan fingerprint density at radius 1 is 0.544 bits per heavy atom. The fourth-order valence-corrected chi connectivity index (χ4v) is 13.1. The Labute approximate surface area is 633 Å². The van der Waals surface area contributed by atoms with Gasteiger partial charge in [0.25, 0.3) is 0 Å². The number of nitrogens with zero attached hydrogens (tertiary/aromatic N) is 9. The van der Waals surface area contributed by atoms with Crippen molar-refractivity contribution in [3.05, 3.63) is 118 Å². The van der Waals surface area contributed by atoms with E-state index < -0.39 is 40.3 Å². The van der Waals surface area contributed by atoms with Crippen LogP contribution >= 0.6 is 0 Å². The molecule has 10 rings (SSSR count). The van der Waals surface area contributed by atoms with Crippen LogP contribution in [0.2, 0.25) is 0 Å². The predicted octanol–water partition coefficient (Wildman–Crippen LogP) is 8.54. The molecule has 2 aliphatic carbocycles. The first kappa shape index (κ1) is 86.1. The standard InChI is InChI=1S/C35H51N5O4.C33H47N5O4.C4H6O4.C2H3BO2.C2H4O.Na/c1-8-37(30-16-9-12-25-14-11-17-36-31(25)30)24-27-22-28-26(23-40(27)33(42)44-35(5,6)7)13-10-15-29(28)38-18-20-39(21-19-38)32(41)43-34(2,3)4;1-32(2,3)41-30(39)37-18-16-36(17-19-37)28-14-8-11-24-22-38(31(40)42-33(4,5)6)25(20-26(24)28)21-35-27-13-7-10-23-12-9-15-34-29(23)27;1-3(5)7-8-4(2)6;1-2(4)5-3;1-2-3;/h10-11,13-15,17,27,30H,8-9,12,16,18-24H2,1-7H3;8-9,11-12,14-15,25,27,35H,7,10,13,16-22H2,1-6H3;1-2H3;1H3;2H,1H3;/q;;;-1;;+1/t27-,30?;;;;;/m1...../s1. The molecule has 103 heavy (non-hydrogen) atoms.